The molecule has 5 heteroatoms. The number of methoxy groups -OCH3 is 1. The van der Waals surface area contributed by atoms with E-state index in [1.54, 1.807) is 7.11 Å². The van der Waals surface area contributed by atoms with Crippen LogP contribution >= 0.6 is 0 Å². The number of ether oxygens (including phenoxy) is 2. The summed E-state index contributed by atoms with van der Waals surface area (Å²) in [6.07, 6.45) is 2.84. The Kier molecular flexibility index (Phi) is 6.69. The third-order valence-electron chi connectivity index (χ3n) is 5.36. The Morgan fingerprint density at radius 3 is 2.74 bits per heavy atom. The fourth-order valence-electron chi connectivity index (χ4n) is 3.71. The molecule has 5 nitrogen and oxygen atoms in total. The van der Waals surface area contributed by atoms with Crippen molar-refractivity contribution in [2.45, 2.75) is 33.2 Å². The Balaban J connectivity index is 1.88. The van der Waals surface area contributed by atoms with Crippen molar-refractivity contribution in [1.82, 2.24) is 15.2 Å². The van der Waals surface area contributed by atoms with Crippen LogP contribution in [0.3, 0.4) is 0 Å². The highest BCUT2D eigenvalue weighted by Gasteiger charge is 2.26. The number of nitrogens with one attached hydrogen (secondary N) is 1. The van der Waals surface area contributed by atoms with Gasteiger partial charge in [0.15, 0.2) is 11.5 Å². The Labute approximate surface area is 162 Å². The van der Waals surface area contributed by atoms with Crippen LogP contribution in [0.2, 0.25) is 0 Å². The molecule has 2 aromatic rings. The molecule has 0 radical (unpaired) electrons. The summed E-state index contributed by atoms with van der Waals surface area (Å²) in [7, 11) is 1.71. The van der Waals surface area contributed by atoms with Crippen LogP contribution < -0.4 is 14.8 Å². The van der Waals surface area contributed by atoms with Gasteiger partial charge in [-0.15, -0.1) is 0 Å². The van der Waals surface area contributed by atoms with Crippen LogP contribution in [-0.4, -0.2) is 49.8 Å². The maximum Gasteiger partial charge on any atom is 0.161 e. The highest BCUT2D eigenvalue weighted by molar-refractivity contribution is 5.51. The number of aryl methyl sites for hydroxylation is 1. The Morgan fingerprint density at radius 1 is 1.22 bits per heavy atom. The topological polar surface area (TPSA) is 46.6 Å². The zero-order chi connectivity index (χ0) is 19.2. The van der Waals surface area contributed by atoms with Crippen LogP contribution in [0.15, 0.2) is 30.5 Å². The molecule has 27 heavy (non-hydrogen) atoms. The van der Waals surface area contributed by atoms with E-state index in [1.165, 1.54) is 16.7 Å². The summed E-state index contributed by atoms with van der Waals surface area (Å²) in [6.45, 7) is 11.0. The van der Waals surface area contributed by atoms with E-state index in [0.717, 1.165) is 49.8 Å². The summed E-state index contributed by atoms with van der Waals surface area (Å²) < 4.78 is 11.7. The molecule has 1 aromatic carbocycles. The van der Waals surface area contributed by atoms with Crippen molar-refractivity contribution >= 4 is 0 Å². The van der Waals surface area contributed by atoms with E-state index < -0.39 is 0 Å². The molecule has 0 aliphatic carbocycles. The molecule has 0 spiro atoms. The van der Waals surface area contributed by atoms with Gasteiger partial charge in [-0.3, -0.25) is 4.98 Å². The van der Waals surface area contributed by atoms with Gasteiger partial charge in [0.05, 0.1) is 18.8 Å². The first kappa shape index (κ1) is 19.6. The molecule has 0 saturated carbocycles. The molecule has 0 bridgehead atoms. The first-order valence-corrected chi connectivity index (χ1v) is 9.88. The minimum atomic E-state index is 0.0889. The number of nitrogens with zero attached hydrogens (tertiary/aromatic N) is 2. The second-order valence-corrected chi connectivity index (χ2v) is 6.92. The quantitative estimate of drug-likeness (QED) is 0.773. The number of pyridine rings is 1. The zero-order valence-electron chi connectivity index (χ0n) is 16.9. The summed E-state index contributed by atoms with van der Waals surface area (Å²) in [5, 5.41) is 3.62. The molecule has 1 aliphatic rings. The van der Waals surface area contributed by atoms with Crippen molar-refractivity contribution in [2.24, 2.45) is 0 Å². The molecule has 0 fully saturated rings. The van der Waals surface area contributed by atoms with Crippen LogP contribution in [0.1, 0.15) is 42.3 Å². The molecule has 1 unspecified atom stereocenters. The van der Waals surface area contributed by atoms with Crippen molar-refractivity contribution in [3.63, 3.8) is 0 Å². The largest absolute Gasteiger partial charge is 0.493 e. The number of likely N-dealkylation sites (N-methyl/N-ethyl adjacent to an activating group) is 1. The number of hydrogen-bond donors (Lipinski definition) is 1. The molecule has 0 saturated heterocycles. The fourth-order valence-corrected chi connectivity index (χ4v) is 3.71. The maximum atomic E-state index is 6.13. The molecule has 1 atom stereocenters. The van der Waals surface area contributed by atoms with E-state index >= 15 is 0 Å². The van der Waals surface area contributed by atoms with Gasteiger partial charge < -0.3 is 19.7 Å². The van der Waals surface area contributed by atoms with Crippen molar-refractivity contribution in [1.29, 1.82) is 0 Å². The second kappa shape index (κ2) is 9.20. The van der Waals surface area contributed by atoms with Gasteiger partial charge in [0.25, 0.3) is 0 Å². The smallest absolute Gasteiger partial charge is 0.161 e. The van der Waals surface area contributed by atoms with Gasteiger partial charge >= 0.3 is 0 Å². The summed E-state index contributed by atoms with van der Waals surface area (Å²) in [6, 6.07) is 8.46. The lowest BCUT2D eigenvalue weighted by Gasteiger charge is -2.29. The van der Waals surface area contributed by atoms with Gasteiger partial charge in [0.1, 0.15) is 6.61 Å². The Bertz CT molecular complexity index is 759. The summed E-state index contributed by atoms with van der Waals surface area (Å²) >= 11 is 0. The first-order valence-electron chi connectivity index (χ1n) is 9.88. The van der Waals surface area contributed by atoms with Crippen LogP contribution in [0, 0.1) is 6.92 Å². The van der Waals surface area contributed by atoms with Crippen LogP contribution in [0.5, 0.6) is 11.5 Å². The zero-order valence-corrected chi connectivity index (χ0v) is 16.9. The molecule has 3 rings (SSSR count). The predicted octanol–water partition coefficient (Wildman–Crippen LogP) is 3.35. The van der Waals surface area contributed by atoms with Gasteiger partial charge in [-0.2, -0.15) is 0 Å². The Morgan fingerprint density at radius 2 is 2.04 bits per heavy atom. The van der Waals surface area contributed by atoms with Crippen molar-refractivity contribution < 1.29 is 9.47 Å². The number of benzene rings is 1. The third-order valence-corrected chi connectivity index (χ3v) is 5.36. The summed E-state index contributed by atoms with van der Waals surface area (Å²) in [5.74, 6) is 1.62. The van der Waals surface area contributed by atoms with Gasteiger partial charge in [0.2, 0.25) is 0 Å². The van der Waals surface area contributed by atoms with Gasteiger partial charge in [-0.05, 0) is 61.3 Å². The molecule has 2 heterocycles. The van der Waals surface area contributed by atoms with Crippen LogP contribution in [-0.2, 0) is 6.42 Å². The van der Waals surface area contributed by atoms with E-state index in [-0.39, 0.29) is 6.04 Å². The lowest BCUT2D eigenvalue weighted by molar-refractivity contribution is 0.217. The SMILES string of the molecule is CCN(CC)CCOc1cc2c(cc1OC)CCNC2c1ncccc1C. The summed E-state index contributed by atoms with van der Waals surface area (Å²) in [4.78, 5) is 6.99. The molecular weight excluding hydrogens is 338 g/mol. The average molecular weight is 370 g/mol. The first-order chi connectivity index (χ1) is 13.2. The molecule has 146 valence electrons. The van der Waals surface area contributed by atoms with Gasteiger partial charge in [0, 0.05) is 19.3 Å². The average Bonchev–Trinajstić information content (AvgIpc) is 2.70. The van der Waals surface area contributed by atoms with Crippen LogP contribution in [0.4, 0.5) is 0 Å². The molecule has 1 aromatic heterocycles. The fraction of sp³-hybridized carbons (Fsp3) is 0.500. The standard InChI is InChI=1S/C22H31N3O2/c1-5-25(6-2)12-13-27-20-15-18-17(14-19(20)26-4)9-11-24-22(18)21-16(3)8-7-10-23-21/h7-8,10,14-15,22,24H,5-6,9,11-13H2,1-4H3. The van der Waals surface area contributed by atoms with Crippen LogP contribution in [0.25, 0.3) is 0 Å². The van der Waals surface area contributed by atoms with Crippen molar-refractivity contribution in [3.8, 4) is 11.5 Å². The second-order valence-electron chi connectivity index (χ2n) is 6.92. The minimum Gasteiger partial charge on any atom is -0.493 e. The minimum absolute atomic E-state index is 0.0889. The maximum absolute atomic E-state index is 6.13. The molecule has 1 N–H and O–H groups in total. The third kappa shape index (κ3) is 4.42. The van der Waals surface area contributed by atoms with Gasteiger partial charge in [-0.1, -0.05) is 19.9 Å². The summed E-state index contributed by atoms with van der Waals surface area (Å²) in [5.41, 5.74) is 4.82. The van der Waals surface area contributed by atoms with Gasteiger partial charge in [-0.25, -0.2) is 0 Å². The normalized spacial score (nSPS) is 16.3. The van der Waals surface area contributed by atoms with E-state index in [2.05, 4.69) is 54.2 Å². The number of hydrogen-bond acceptors (Lipinski definition) is 5. The van der Waals surface area contributed by atoms with E-state index in [9.17, 15) is 0 Å². The van der Waals surface area contributed by atoms with E-state index in [1.807, 2.05) is 12.3 Å². The van der Waals surface area contributed by atoms with E-state index in [4.69, 9.17) is 9.47 Å². The predicted molar refractivity (Wildman–Crippen MR) is 109 cm³/mol. The lowest BCUT2D eigenvalue weighted by atomic mass is 9.90. The lowest BCUT2D eigenvalue weighted by Crippen LogP contribution is -2.32. The number of aromatic nitrogens is 1. The highest BCUT2D eigenvalue weighted by atomic mass is 16.5. The number of fused-ring (bicyclic) bond motifs is 1. The molecule has 0 amide bonds. The highest BCUT2D eigenvalue weighted by Crippen LogP contribution is 2.37. The number of rotatable bonds is 8. The Hall–Kier alpha value is -2.11. The monoisotopic (exact) mass is 369 g/mol. The molecular formula is C22H31N3O2. The van der Waals surface area contributed by atoms with Crippen molar-refractivity contribution in [3.05, 3.63) is 52.8 Å². The molecule has 1 aliphatic heterocycles. The van der Waals surface area contributed by atoms with Crippen molar-refractivity contribution in [2.75, 3.05) is 39.9 Å². The van der Waals surface area contributed by atoms with E-state index in [0.29, 0.717) is 6.61 Å².